The van der Waals surface area contributed by atoms with E-state index in [1.165, 1.54) is 18.7 Å². The molecule has 0 saturated carbocycles. The van der Waals surface area contributed by atoms with Crippen molar-refractivity contribution in [2.45, 2.75) is 12.1 Å². The largest absolute Gasteiger partial charge is 0.497 e. The van der Waals surface area contributed by atoms with Gasteiger partial charge >= 0.3 is 0 Å². The van der Waals surface area contributed by atoms with Crippen molar-refractivity contribution in [2.24, 2.45) is 0 Å². The van der Waals surface area contributed by atoms with Crippen LogP contribution in [0.5, 0.6) is 11.5 Å². The maximum atomic E-state index is 10.9. The van der Waals surface area contributed by atoms with Crippen LogP contribution in [0, 0.1) is 0 Å². The van der Waals surface area contributed by atoms with E-state index in [1.54, 1.807) is 20.3 Å². The predicted octanol–water partition coefficient (Wildman–Crippen LogP) is 2.17. The van der Waals surface area contributed by atoms with E-state index < -0.39 is 0 Å². The summed E-state index contributed by atoms with van der Waals surface area (Å²) in [5, 5.41) is 7.45. The smallest absolute Gasteiger partial charge is 0.209 e. The number of rotatable bonds is 6. The summed E-state index contributed by atoms with van der Waals surface area (Å²) >= 11 is 1.30. The van der Waals surface area contributed by atoms with E-state index in [2.05, 4.69) is 15.2 Å². The van der Waals surface area contributed by atoms with E-state index in [4.69, 9.17) is 9.47 Å². The van der Waals surface area contributed by atoms with Crippen LogP contribution in [-0.4, -0.2) is 40.9 Å². The number of H-pyrrole nitrogens is 1. The first-order valence-electron chi connectivity index (χ1n) is 5.90. The van der Waals surface area contributed by atoms with Crippen molar-refractivity contribution in [3.05, 3.63) is 18.2 Å². The maximum Gasteiger partial charge on any atom is 0.209 e. The highest BCUT2D eigenvalue weighted by Crippen LogP contribution is 2.28. The third-order valence-electron chi connectivity index (χ3n) is 2.49. The highest BCUT2D eigenvalue weighted by molar-refractivity contribution is 7.99. The molecule has 0 spiro atoms. The second kappa shape index (κ2) is 6.42. The number of thioether (sulfide) groups is 1. The first-order valence-corrected chi connectivity index (χ1v) is 6.89. The van der Waals surface area contributed by atoms with E-state index in [9.17, 15) is 4.79 Å². The zero-order chi connectivity index (χ0) is 14.5. The predicted molar refractivity (Wildman–Crippen MR) is 76.3 cm³/mol. The number of Topliss-reactive ketones (excluding diaryl/α,β-unsaturated/α-hetero) is 1. The third kappa shape index (κ3) is 3.51. The molecule has 2 rings (SSSR count). The van der Waals surface area contributed by atoms with Gasteiger partial charge in [-0.25, -0.2) is 4.98 Å². The van der Waals surface area contributed by atoms with Crippen LogP contribution in [0.2, 0.25) is 0 Å². The summed E-state index contributed by atoms with van der Waals surface area (Å²) in [7, 11) is 3.18. The van der Waals surface area contributed by atoms with Gasteiger partial charge in [0.2, 0.25) is 5.16 Å². The highest BCUT2D eigenvalue weighted by atomic mass is 32.2. The van der Waals surface area contributed by atoms with Crippen molar-refractivity contribution in [1.82, 2.24) is 15.2 Å². The number of nitrogens with zero attached hydrogens (tertiary/aromatic N) is 2. The maximum absolute atomic E-state index is 10.9. The van der Waals surface area contributed by atoms with Crippen molar-refractivity contribution >= 4 is 17.5 Å². The quantitative estimate of drug-likeness (QED) is 0.822. The number of ether oxygens (including phenoxy) is 2. The topological polar surface area (TPSA) is 77.1 Å². The second-order valence-electron chi connectivity index (χ2n) is 4.06. The molecule has 106 valence electrons. The lowest BCUT2D eigenvalue weighted by molar-refractivity contribution is -0.114. The molecule has 0 radical (unpaired) electrons. The number of aromatic nitrogens is 3. The average molecular weight is 293 g/mol. The molecule has 1 N–H and O–H groups in total. The Morgan fingerprint density at radius 1 is 1.25 bits per heavy atom. The van der Waals surface area contributed by atoms with Crippen LogP contribution < -0.4 is 9.47 Å². The van der Waals surface area contributed by atoms with Crippen molar-refractivity contribution in [3.63, 3.8) is 0 Å². The summed E-state index contributed by atoms with van der Waals surface area (Å²) in [5.41, 5.74) is 0.809. The minimum absolute atomic E-state index is 0.0874. The van der Waals surface area contributed by atoms with Crippen molar-refractivity contribution in [3.8, 4) is 22.9 Å². The number of nitrogens with one attached hydrogen (secondary N) is 1. The monoisotopic (exact) mass is 293 g/mol. The fourth-order valence-electron chi connectivity index (χ4n) is 1.55. The Balaban J connectivity index is 2.24. The van der Waals surface area contributed by atoms with Crippen molar-refractivity contribution < 1.29 is 14.3 Å². The summed E-state index contributed by atoms with van der Waals surface area (Å²) in [6.07, 6.45) is 0. The lowest BCUT2D eigenvalue weighted by Gasteiger charge is -2.06. The Hall–Kier alpha value is -2.02. The minimum atomic E-state index is 0.0874. The van der Waals surface area contributed by atoms with Crippen LogP contribution in [-0.2, 0) is 4.79 Å². The lowest BCUT2D eigenvalue weighted by Crippen LogP contribution is -1.93. The summed E-state index contributed by atoms with van der Waals surface area (Å²) < 4.78 is 10.4. The summed E-state index contributed by atoms with van der Waals surface area (Å²) in [4.78, 5) is 15.3. The van der Waals surface area contributed by atoms with Crippen LogP contribution in [0.15, 0.2) is 23.4 Å². The molecule has 0 bridgehead atoms. The van der Waals surface area contributed by atoms with Crippen LogP contribution >= 0.6 is 11.8 Å². The summed E-state index contributed by atoms with van der Waals surface area (Å²) in [5.74, 6) is 2.40. The molecule has 0 saturated heterocycles. The zero-order valence-corrected chi connectivity index (χ0v) is 12.3. The molecule has 1 aromatic carbocycles. The molecule has 0 fully saturated rings. The van der Waals surface area contributed by atoms with E-state index in [1.807, 2.05) is 12.1 Å². The van der Waals surface area contributed by atoms with Crippen LogP contribution in [0.1, 0.15) is 6.92 Å². The molecule has 1 heterocycles. The van der Waals surface area contributed by atoms with Crippen LogP contribution in [0.3, 0.4) is 0 Å². The van der Waals surface area contributed by atoms with Gasteiger partial charge in [-0.15, -0.1) is 5.10 Å². The van der Waals surface area contributed by atoms with E-state index in [0.29, 0.717) is 28.2 Å². The van der Waals surface area contributed by atoms with Gasteiger partial charge in [-0.3, -0.25) is 9.89 Å². The van der Waals surface area contributed by atoms with Gasteiger partial charge in [0.15, 0.2) is 5.82 Å². The Bertz CT molecular complexity index is 590. The molecule has 6 nitrogen and oxygen atoms in total. The number of benzene rings is 1. The first kappa shape index (κ1) is 14.4. The van der Waals surface area contributed by atoms with Crippen molar-refractivity contribution in [1.29, 1.82) is 0 Å². The van der Waals surface area contributed by atoms with E-state index in [0.717, 1.165) is 5.56 Å². The standard InChI is InChI=1S/C13H15N3O3S/c1-8(17)7-20-13-14-12(15-16-13)9-4-10(18-2)6-11(5-9)19-3/h4-6H,7H2,1-3H3,(H,14,15,16). The number of methoxy groups -OCH3 is 2. The summed E-state index contributed by atoms with van der Waals surface area (Å²) in [6.45, 7) is 1.54. The first-order chi connectivity index (χ1) is 9.62. The Kier molecular flexibility index (Phi) is 4.62. The fraction of sp³-hybridized carbons (Fsp3) is 0.308. The van der Waals surface area contributed by atoms with Gasteiger partial charge in [-0.05, 0) is 19.1 Å². The molecule has 0 aliphatic carbocycles. The van der Waals surface area contributed by atoms with Gasteiger partial charge in [0.05, 0.1) is 20.0 Å². The molecule has 0 atom stereocenters. The number of carbonyl (C=O) groups excluding carboxylic acids is 1. The molecule has 0 aliphatic heterocycles. The van der Waals surface area contributed by atoms with E-state index >= 15 is 0 Å². The van der Waals surface area contributed by atoms with Gasteiger partial charge in [0, 0.05) is 11.6 Å². The van der Waals surface area contributed by atoms with Crippen LogP contribution in [0.25, 0.3) is 11.4 Å². The average Bonchev–Trinajstić information content (AvgIpc) is 2.93. The van der Waals surface area contributed by atoms with Gasteiger partial charge in [-0.1, -0.05) is 11.8 Å². The zero-order valence-electron chi connectivity index (χ0n) is 11.5. The molecule has 1 aromatic heterocycles. The van der Waals surface area contributed by atoms with Gasteiger partial charge in [0.25, 0.3) is 0 Å². The van der Waals surface area contributed by atoms with Crippen LogP contribution in [0.4, 0.5) is 0 Å². The molecule has 20 heavy (non-hydrogen) atoms. The van der Waals surface area contributed by atoms with E-state index in [-0.39, 0.29) is 5.78 Å². The molecule has 2 aromatic rings. The molecular weight excluding hydrogens is 278 g/mol. The second-order valence-corrected chi connectivity index (χ2v) is 5.00. The number of hydrogen-bond acceptors (Lipinski definition) is 6. The minimum Gasteiger partial charge on any atom is -0.497 e. The molecular formula is C13H15N3O3S. The molecule has 0 aliphatic rings. The summed E-state index contributed by atoms with van der Waals surface area (Å²) in [6, 6.07) is 5.45. The van der Waals surface area contributed by atoms with Gasteiger partial charge < -0.3 is 9.47 Å². The van der Waals surface area contributed by atoms with Gasteiger partial charge in [-0.2, -0.15) is 0 Å². The number of carbonyl (C=O) groups is 1. The molecule has 0 unspecified atom stereocenters. The molecule has 0 amide bonds. The molecule has 7 heteroatoms. The highest BCUT2D eigenvalue weighted by Gasteiger charge is 2.10. The fourth-order valence-corrected chi connectivity index (χ4v) is 2.15. The number of ketones is 1. The van der Waals surface area contributed by atoms with Gasteiger partial charge in [0.1, 0.15) is 17.3 Å². The Labute approximate surface area is 120 Å². The SMILES string of the molecule is COc1cc(OC)cc(-c2nc(SCC(C)=O)n[nH]2)c1. The number of hydrogen-bond donors (Lipinski definition) is 1. The Morgan fingerprint density at radius 3 is 2.45 bits per heavy atom. The Morgan fingerprint density at radius 2 is 1.90 bits per heavy atom. The third-order valence-corrected chi connectivity index (χ3v) is 3.49. The number of aromatic amines is 1. The lowest BCUT2D eigenvalue weighted by atomic mass is 10.2. The van der Waals surface area contributed by atoms with Crippen molar-refractivity contribution in [2.75, 3.05) is 20.0 Å². The normalized spacial score (nSPS) is 10.3.